The predicted octanol–water partition coefficient (Wildman–Crippen LogP) is 4.09. The topological polar surface area (TPSA) is 124 Å². The summed E-state index contributed by atoms with van der Waals surface area (Å²) < 4.78 is 50.8. The molecule has 0 aromatic heterocycles. The van der Waals surface area contributed by atoms with Crippen molar-refractivity contribution in [1.29, 1.82) is 0 Å². The molecule has 0 aliphatic rings. The van der Waals surface area contributed by atoms with E-state index in [1.54, 1.807) is 9.12 Å². The molecule has 0 heterocycles. The van der Waals surface area contributed by atoms with Crippen molar-refractivity contribution in [2.45, 2.75) is 90.7 Å². The Morgan fingerprint density at radius 3 is 1.68 bits per heavy atom. The monoisotopic (exact) mass is 495 g/mol. The summed E-state index contributed by atoms with van der Waals surface area (Å²) in [6.45, 7) is 8.35. The van der Waals surface area contributed by atoms with E-state index in [9.17, 15) is 22.6 Å². The van der Waals surface area contributed by atoms with Gasteiger partial charge in [-0.3, -0.25) is 18.7 Å². The van der Waals surface area contributed by atoms with Gasteiger partial charge in [-0.05, 0) is 24.7 Å². The molecule has 0 saturated heterocycles. The molecular weight excluding hydrogens is 454 g/mol. The zero-order chi connectivity index (χ0) is 23.6. The van der Waals surface area contributed by atoms with Gasteiger partial charge in [-0.1, -0.05) is 66.2 Å². The maximum absolute atomic E-state index is 12.2. The standard InChI is InChI=1S/C20H38O7S.Na.HOP.H/c1-5-9-11-16(7-3)14-26-19(21)13-18(28(23,24)25)20(22)27-15-17(8-4)12-10-6-2;;1-2;/h16-18H,5-15H2,1-4H3,(H,23,24,25);;2H;/p+1. The molecule has 11 heteroatoms. The SMILES string of the molecule is CCCCC(CC)COC(=O)CC(C(=O)OCC(CC)CCCC)S(=O)(=O)O.O=P.[H+].[NaH]. The van der Waals surface area contributed by atoms with Gasteiger partial charge < -0.3 is 9.47 Å². The third kappa shape index (κ3) is 18.1. The Morgan fingerprint density at radius 2 is 1.32 bits per heavy atom. The average molecular weight is 496 g/mol. The minimum absolute atomic E-state index is 0. The Bertz CT molecular complexity index is 580. The van der Waals surface area contributed by atoms with E-state index >= 15 is 0 Å². The number of esters is 2. The Morgan fingerprint density at radius 1 is 0.903 bits per heavy atom. The molecule has 180 valence electrons. The second kappa shape index (κ2) is 21.8. The van der Waals surface area contributed by atoms with Crippen molar-refractivity contribution in [2.75, 3.05) is 13.2 Å². The first kappa shape index (κ1) is 35.5. The van der Waals surface area contributed by atoms with Gasteiger partial charge in [-0.2, -0.15) is 8.42 Å². The second-order valence-electron chi connectivity index (χ2n) is 7.35. The van der Waals surface area contributed by atoms with Crippen LogP contribution >= 0.6 is 9.12 Å². The van der Waals surface area contributed by atoms with Gasteiger partial charge in [-0.25, -0.2) is 0 Å². The average Bonchev–Trinajstić information content (AvgIpc) is 2.72. The van der Waals surface area contributed by atoms with E-state index in [0.717, 1.165) is 51.4 Å². The Labute approximate surface area is 213 Å². The van der Waals surface area contributed by atoms with Crippen LogP contribution in [0.5, 0.6) is 0 Å². The molecule has 3 unspecified atom stereocenters. The zero-order valence-electron chi connectivity index (χ0n) is 19.7. The van der Waals surface area contributed by atoms with Crippen LogP contribution in [0.25, 0.3) is 0 Å². The van der Waals surface area contributed by atoms with Crippen molar-refractivity contribution in [2.24, 2.45) is 11.8 Å². The number of ether oxygens (including phenoxy) is 2. The van der Waals surface area contributed by atoms with Gasteiger partial charge in [0, 0.05) is 0 Å². The number of rotatable bonds is 16. The predicted molar refractivity (Wildman–Crippen MR) is 126 cm³/mol. The zero-order valence-corrected chi connectivity index (χ0v) is 20.5. The molecule has 31 heavy (non-hydrogen) atoms. The summed E-state index contributed by atoms with van der Waals surface area (Å²) in [6.07, 6.45) is 6.74. The van der Waals surface area contributed by atoms with Crippen LogP contribution in [0.4, 0.5) is 0 Å². The molecule has 0 fully saturated rings. The van der Waals surface area contributed by atoms with E-state index in [1.807, 2.05) is 13.8 Å². The van der Waals surface area contributed by atoms with Gasteiger partial charge in [0.25, 0.3) is 10.1 Å². The summed E-state index contributed by atoms with van der Waals surface area (Å²) in [6, 6.07) is 0. The van der Waals surface area contributed by atoms with Crippen LogP contribution in [0.3, 0.4) is 0 Å². The number of hydrogen-bond donors (Lipinski definition) is 1. The van der Waals surface area contributed by atoms with Gasteiger partial charge in [0.2, 0.25) is 0 Å². The molecular formula is C20H41NaO8PS+. The Kier molecular flexibility index (Phi) is 25.0. The van der Waals surface area contributed by atoms with Gasteiger partial charge in [0.15, 0.2) is 5.25 Å². The maximum atomic E-state index is 12.2. The van der Waals surface area contributed by atoms with Crippen molar-refractivity contribution >= 4 is 60.7 Å². The van der Waals surface area contributed by atoms with Crippen LogP contribution < -0.4 is 0 Å². The van der Waals surface area contributed by atoms with E-state index in [0.29, 0.717) is 0 Å². The van der Waals surface area contributed by atoms with Crippen LogP contribution in [-0.2, 0) is 33.7 Å². The third-order valence-corrected chi connectivity index (χ3v) is 6.08. The first-order chi connectivity index (χ1) is 14.2. The summed E-state index contributed by atoms with van der Waals surface area (Å²) in [5.41, 5.74) is 0. The van der Waals surface area contributed by atoms with E-state index in [2.05, 4.69) is 13.8 Å². The fourth-order valence-electron chi connectivity index (χ4n) is 2.82. The van der Waals surface area contributed by atoms with Crippen molar-refractivity contribution in [3.05, 3.63) is 0 Å². The van der Waals surface area contributed by atoms with Crippen molar-refractivity contribution in [3.8, 4) is 0 Å². The fraction of sp³-hybridized carbons (Fsp3) is 0.900. The molecule has 0 radical (unpaired) electrons. The van der Waals surface area contributed by atoms with Gasteiger partial charge in [0.05, 0.1) is 19.6 Å². The molecule has 8 nitrogen and oxygen atoms in total. The number of hydrogen-bond acceptors (Lipinski definition) is 7. The number of carbonyl (C=O) groups is 2. The van der Waals surface area contributed by atoms with Crippen LogP contribution in [0.1, 0.15) is 86.9 Å². The summed E-state index contributed by atoms with van der Waals surface area (Å²) >= 11 is 0. The van der Waals surface area contributed by atoms with Crippen LogP contribution in [0, 0.1) is 11.8 Å². The molecule has 0 amide bonds. The molecule has 0 aliphatic heterocycles. The van der Waals surface area contributed by atoms with Gasteiger partial charge in [0.1, 0.15) is 9.12 Å². The molecule has 0 aliphatic carbocycles. The van der Waals surface area contributed by atoms with E-state index in [1.165, 1.54) is 0 Å². The molecule has 0 aromatic carbocycles. The Hall–Kier alpha value is -0.0500. The molecule has 3 atom stereocenters. The molecule has 0 rings (SSSR count). The Balaban J connectivity index is -0.000000950. The first-order valence-corrected chi connectivity index (χ1v) is 12.6. The second-order valence-corrected chi connectivity index (χ2v) is 8.95. The minimum atomic E-state index is -4.76. The summed E-state index contributed by atoms with van der Waals surface area (Å²) in [4.78, 5) is 24.2. The quantitative estimate of drug-likeness (QED) is 0.147. The summed E-state index contributed by atoms with van der Waals surface area (Å²) in [5.74, 6) is -1.61. The third-order valence-electron chi connectivity index (χ3n) is 5.00. The van der Waals surface area contributed by atoms with Crippen LogP contribution in [0.2, 0.25) is 0 Å². The van der Waals surface area contributed by atoms with Crippen LogP contribution in [-0.4, -0.2) is 72.9 Å². The van der Waals surface area contributed by atoms with E-state index < -0.39 is 33.7 Å². The first-order valence-electron chi connectivity index (χ1n) is 10.7. The normalized spacial score (nSPS) is 13.6. The molecule has 1 N–H and O–H groups in total. The molecule has 0 spiro atoms. The van der Waals surface area contributed by atoms with Crippen molar-refractivity contribution in [3.63, 3.8) is 0 Å². The summed E-state index contributed by atoms with van der Waals surface area (Å²) in [7, 11) is -3.04. The number of carbonyl (C=O) groups excluding carboxylic acids is 2. The van der Waals surface area contributed by atoms with E-state index in [4.69, 9.17) is 14.0 Å². The molecule has 0 saturated carbocycles. The van der Waals surface area contributed by atoms with Crippen molar-refractivity contribution < 1.29 is 38.0 Å². The fourth-order valence-corrected chi connectivity index (χ4v) is 3.48. The van der Waals surface area contributed by atoms with Gasteiger partial charge in [-0.15, -0.1) is 0 Å². The van der Waals surface area contributed by atoms with Crippen molar-refractivity contribution in [1.82, 2.24) is 0 Å². The van der Waals surface area contributed by atoms with Crippen LogP contribution in [0.15, 0.2) is 0 Å². The molecule has 0 aromatic rings. The van der Waals surface area contributed by atoms with Gasteiger partial charge >= 0.3 is 42.9 Å². The number of unbranched alkanes of at least 4 members (excludes halogenated alkanes) is 2. The molecule has 0 bridgehead atoms. The van der Waals surface area contributed by atoms with E-state index in [-0.39, 0.29) is 56.0 Å². The summed E-state index contributed by atoms with van der Waals surface area (Å²) in [5, 5.41) is -1.95.